The second kappa shape index (κ2) is 9.45. The maximum Gasteiger partial charge on any atom is 0.227 e. The Morgan fingerprint density at radius 2 is 2.09 bits per heavy atom. The number of amides is 1. The van der Waals surface area contributed by atoms with Crippen LogP contribution >= 0.6 is 11.8 Å². The Balaban J connectivity index is 1.80. The van der Waals surface area contributed by atoms with Gasteiger partial charge in [-0.15, -0.1) is 0 Å². The van der Waals surface area contributed by atoms with Crippen LogP contribution in [0.1, 0.15) is 24.8 Å². The molecule has 0 aliphatic carbocycles. The van der Waals surface area contributed by atoms with Gasteiger partial charge in [-0.2, -0.15) is 11.8 Å². The number of anilines is 1. The number of carbonyl (C=O) groups is 1. The van der Waals surface area contributed by atoms with E-state index in [0.717, 1.165) is 49.9 Å². The van der Waals surface area contributed by atoms with Crippen LogP contribution in [0.4, 0.5) is 5.69 Å². The number of hydrogen-bond acceptors (Lipinski definition) is 3. The number of aliphatic imine (C=N–C) groups is 1. The average Bonchev–Trinajstić information content (AvgIpc) is 3.01. The summed E-state index contributed by atoms with van der Waals surface area (Å²) in [6.07, 6.45) is 4.87. The molecule has 1 saturated heterocycles. The third-order valence-corrected chi connectivity index (χ3v) is 4.52. The lowest BCUT2D eigenvalue weighted by molar-refractivity contribution is -0.117. The Morgan fingerprint density at radius 1 is 1.30 bits per heavy atom. The smallest absolute Gasteiger partial charge is 0.227 e. The molecular weight excluding hydrogens is 308 g/mol. The fourth-order valence-electron chi connectivity index (χ4n) is 2.54. The highest BCUT2D eigenvalue weighted by Gasteiger charge is 2.21. The lowest BCUT2D eigenvalue weighted by atomic mass is 10.2. The Hall–Kier alpha value is -1.69. The molecule has 0 atom stereocenters. The molecule has 0 spiro atoms. The lowest BCUT2D eigenvalue weighted by Gasteiger charge is -2.16. The van der Waals surface area contributed by atoms with Crippen molar-refractivity contribution in [3.05, 3.63) is 29.8 Å². The van der Waals surface area contributed by atoms with Crippen molar-refractivity contribution >= 4 is 29.3 Å². The third-order valence-electron chi connectivity index (χ3n) is 3.82. The first-order valence-corrected chi connectivity index (χ1v) is 9.46. The van der Waals surface area contributed by atoms with Crippen LogP contribution in [-0.2, 0) is 11.3 Å². The molecule has 6 heteroatoms. The van der Waals surface area contributed by atoms with Gasteiger partial charge in [-0.3, -0.25) is 9.79 Å². The van der Waals surface area contributed by atoms with E-state index in [1.54, 1.807) is 7.05 Å². The van der Waals surface area contributed by atoms with Gasteiger partial charge >= 0.3 is 0 Å². The van der Waals surface area contributed by atoms with Gasteiger partial charge in [-0.1, -0.05) is 12.1 Å². The van der Waals surface area contributed by atoms with E-state index >= 15 is 0 Å². The standard InChI is InChI=1S/C17H26N4OS/c1-18-17(19-10-4-12-23-2)20-13-14-6-8-15(9-7-14)21-11-3-5-16(21)22/h6-9H,3-5,10-13H2,1-2H3,(H2,18,19,20). The van der Waals surface area contributed by atoms with Crippen LogP contribution in [0.3, 0.4) is 0 Å². The largest absolute Gasteiger partial charge is 0.356 e. The Morgan fingerprint density at radius 3 is 2.70 bits per heavy atom. The highest BCUT2D eigenvalue weighted by Crippen LogP contribution is 2.21. The van der Waals surface area contributed by atoms with Crippen LogP contribution < -0.4 is 15.5 Å². The number of guanidine groups is 1. The molecular formula is C17H26N4OS. The molecule has 0 radical (unpaired) electrons. The molecule has 0 unspecified atom stereocenters. The second-order valence-electron chi connectivity index (χ2n) is 5.51. The van der Waals surface area contributed by atoms with E-state index in [1.165, 1.54) is 5.56 Å². The molecule has 0 aromatic heterocycles. The molecule has 23 heavy (non-hydrogen) atoms. The fourth-order valence-corrected chi connectivity index (χ4v) is 2.98. The monoisotopic (exact) mass is 334 g/mol. The molecule has 2 N–H and O–H groups in total. The molecule has 1 aromatic carbocycles. The van der Waals surface area contributed by atoms with Gasteiger partial charge in [0.1, 0.15) is 0 Å². The second-order valence-corrected chi connectivity index (χ2v) is 6.50. The van der Waals surface area contributed by atoms with Crippen molar-refractivity contribution < 1.29 is 4.79 Å². The molecule has 5 nitrogen and oxygen atoms in total. The number of nitrogens with one attached hydrogen (secondary N) is 2. The zero-order valence-corrected chi connectivity index (χ0v) is 14.8. The predicted octanol–water partition coefficient (Wildman–Crippen LogP) is 2.23. The number of benzene rings is 1. The van der Waals surface area contributed by atoms with E-state index in [0.29, 0.717) is 6.42 Å². The van der Waals surface area contributed by atoms with E-state index in [-0.39, 0.29) is 5.91 Å². The van der Waals surface area contributed by atoms with Gasteiger partial charge in [0.15, 0.2) is 5.96 Å². The van der Waals surface area contributed by atoms with E-state index in [2.05, 4.69) is 34.0 Å². The summed E-state index contributed by atoms with van der Waals surface area (Å²) in [5.41, 5.74) is 2.17. The Kier molecular flexibility index (Phi) is 7.26. The van der Waals surface area contributed by atoms with E-state index in [1.807, 2.05) is 28.8 Å². The topological polar surface area (TPSA) is 56.7 Å². The van der Waals surface area contributed by atoms with Gasteiger partial charge in [-0.05, 0) is 42.5 Å². The number of carbonyl (C=O) groups excluding carboxylic acids is 1. The van der Waals surface area contributed by atoms with Crippen molar-refractivity contribution in [2.24, 2.45) is 4.99 Å². The first-order chi connectivity index (χ1) is 11.2. The molecule has 0 bridgehead atoms. The minimum absolute atomic E-state index is 0.228. The third kappa shape index (κ3) is 5.46. The first kappa shape index (κ1) is 17.7. The van der Waals surface area contributed by atoms with Crippen molar-refractivity contribution in [2.75, 3.05) is 37.0 Å². The number of thioether (sulfide) groups is 1. The van der Waals surface area contributed by atoms with Crippen molar-refractivity contribution in [1.29, 1.82) is 0 Å². The number of hydrogen-bond donors (Lipinski definition) is 2. The molecule has 0 saturated carbocycles. The zero-order chi connectivity index (χ0) is 16.5. The highest BCUT2D eigenvalue weighted by atomic mass is 32.2. The number of rotatable bonds is 7. The summed E-state index contributed by atoms with van der Waals surface area (Å²) < 4.78 is 0. The summed E-state index contributed by atoms with van der Waals surface area (Å²) in [5, 5.41) is 6.62. The maximum atomic E-state index is 11.7. The molecule has 1 aromatic rings. The molecule has 1 aliphatic rings. The van der Waals surface area contributed by atoms with Crippen LogP contribution in [0.15, 0.2) is 29.3 Å². The molecule has 2 rings (SSSR count). The van der Waals surface area contributed by atoms with Gasteiger partial charge in [-0.25, -0.2) is 0 Å². The average molecular weight is 334 g/mol. The van der Waals surface area contributed by atoms with Gasteiger partial charge < -0.3 is 15.5 Å². The van der Waals surface area contributed by atoms with Crippen molar-refractivity contribution in [2.45, 2.75) is 25.8 Å². The highest BCUT2D eigenvalue weighted by molar-refractivity contribution is 7.98. The summed E-state index contributed by atoms with van der Waals surface area (Å²) >= 11 is 1.85. The fraction of sp³-hybridized carbons (Fsp3) is 0.529. The van der Waals surface area contributed by atoms with Crippen LogP contribution in [0.2, 0.25) is 0 Å². The summed E-state index contributed by atoms with van der Waals surface area (Å²) in [4.78, 5) is 17.8. The van der Waals surface area contributed by atoms with E-state index in [9.17, 15) is 4.79 Å². The van der Waals surface area contributed by atoms with Crippen molar-refractivity contribution in [3.63, 3.8) is 0 Å². The molecule has 1 amide bonds. The van der Waals surface area contributed by atoms with E-state index in [4.69, 9.17) is 0 Å². The zero-order valence-electron chi connectivity index (χ0n) is 14.0. The first-order valence-electron chi connectivity index (χ1n) is 8.07. The van der Waals surface area contributed by atoms with E-state index < -0.39 is 0 Å². The number of nitrogens with zero attached hydrogens (tertiary/aromatic N) is 2. The van der Waals surface area contributed by atoms with Gasteiger partial charge in [0, 0.05) is 38.8 Å². The summed E-state index contributed by atoms with van der Waals surface area (Å²) in [5.74, 6) is 2.20. The summed E-state index contributed by atoms with van der Waals surface area (Å²) in [6, 6.07) is 8.17. The van der Waals surface area contributed by atoms with Crippen molar-refractivity contribution in [3.8, 4) is 0 Å². The quantitative estimate of drug-likeness (QED) is 0.456. The maximum absolute atomic E-state index is 11.7. The molecule has 126 valence electrons. The van der Waals surface area contributed by atoms with Gasteiger partial charge in [0.2, 0.25) is 5.91 Å². The SMILES string of the molecule is CN=C(NCCCSC)NCc1ccc(N2CCCC2=O)cc1. The van der Waals surface area contributed by atoms with Crippen LogP contribution in [0.25, 0.3) is 0 Å². The Labute approximate surface area is 142 Å². The normalized spacial score (nSPS) is 15.1. The summed E-state index contributed by atoms with van der Waals surface area (Å²) in [6.45, 7) is 2.48. The van der Waals surface area contributed by atoms with Gasteiger partial charge in [0.25, 0.3) is 0 Å². The molecule has 1 heterocycles. The van der Waals surface area contributed by atoms with Crippen LogP contribution in [0.5, 0.6) is 0 Å². The van der Waals surface area contributed by atoms with Crippen LogP contribution in [-0.4, -0.2) is 44.0 Å². The Bertz CT molecular complexity index is 530. The minimum atomic E-state index is 0.228. The summed E-state index contributed by atoms with van der Waals surface area (Å²) in [7, 11) is 1.78. The van der Waals surface area contributed by atoms with Gasteiger partial charge in [0.05, 0.1) is 0 Å². The van der Waals surface area contributed by atoms with Crippen LogP contribution in [0, 0.1) is 0 Å². The lowest BCUT2D eigenvalue weighted by Crippen LogP contribution is -2.37. The molecule has 1 aliphatic heterocycles. The van der Waals surface area contributed by atoms with Crippen molar-refractivity contribution in [1.82, 2.24) is 10.6 Å². The minimum Gasteiger partial charge on any atom is -0.356 e. The predicted molar refractivity (Wildman–Crippen MR) is 99.2 cm³/mol. The molecule has 1 fully saturated rings.